The molecule has 1 aromatic rings. The molecule has 2 heterocycles. The number of hydrogen-bond acceptors (Lipinski definition) is 4. The van der Waals surface area contributed by atoms with Gasteiger partial charge in [0.2, 0.25) is 5.91 Å². The van der Waals surface area contributed by atoms with Gasteiger partial charge < -0.3 is 20.1 Å². The molecule has 1 aliphatic heterocycles. The average Bonchev–Trinajstić information content (AvgIpc) is 2.93. The molecule has 2 rings (SSSR count). The van der Waals surface area contributed by atoms with Gasteiger partial charge in [0, 0.05) is 19.2 Å². The lowest BCUT2D eigenvalue weighted by atomic mass is 10.0. The van der Waals surface area contributed by atoms with Gasteiger partial charge in [-0.15, -0.1) is 0 Å². The van der Waals surface area contributed by atoms with Crippen LogP contribution in [0.3, 0.4) is 0 Å². The minimum absolute atomic E-state index is 0.0458. The summed E-state index contributed by atoms with van der Waals surface area (Å²) in [6, 6.07) is -0.946. The van der Waals surface area contributed by atoms with Gasteiger partial charge in [0.05, 0.1) is 11.7 Å². The quantitative estimate of drug-likeness (QED) is 0.875. The standard InChI is InChI=1S/C14H22N4O3/c1-5-10(12-8(2)17-21-9(12)3)15-14(20)16-11-6-7-18(4)13(11)19/h10-11H,5-7H2,1-4H3,(H2,15,16,20)/t10-,11-/m1/s1. The highest BCUT2D eigenvalue weighted by atomic mass is 16.5. The number of carbonyl (C=O) groups is 2. The first-order chi connectivity index (χ1) is 9.93. The predicted molar refractivity (Wildman–Crippen MR) is 76.7 cm³/mol. The Morgan fingerprint density at radius 1 is 1.52 bits per heavy atom. The molecule has 1 aliphatic rings. The summed E-state index contributed by atoms with van der Waals surface area (Å²) in [6.45, 7) is 6.33. The number of aromatic nitrogens is 1. The van der Waals surface area contributed by atoms with Crippen LogP contribution in [0.2, 0.25) is 0 Å². The van der Waals surface area contributed by atoms with Gasteiger partial charge in [-0.3, -0.25) is 4.79 Å². The molecular weight excluding hydrogens is 272 g/mol. The maximum absolute atomic E-state index is 12.1. The van der Waals surface area contributed by atoms with Crippen molar-refractivity contribution in [1.82, 2.24) is 20.7 Å². The van der Waals surface area contributed by atoms with Crippen LogP contribution in [0.15, 0.2) is 4.52 Å². The van der Waals surface area contributed by atoms with Crippen LogP contribution in [0.5, 0.6) is 0 Å². The van der Waals surface area contributed by atoms with Crippen molar-refractivity contribution < 1.29 is 14.1 Å². The van der Waals surface area contributed by atoms with E-state index >= 15 is 0 Å². The maximum atomic E-state index is 12.1. The third-order valence-electron chi connectivity index (χ3n) is 3.88. The molecule has 0 spiro atoms. The highest BCUT2D eigenvalue weighted by Crippen LogP contribution is 2.23. The Kier molecular flexibility index (Phi) is 4.50. The van der Waals surface area contributed by atoms with Crippen molar-refractivity contribution in [2.24, 2.45) is 0 Å². The van der Waals surface area contributed by atoms with Gasteiger partial charge in [0.15, 0.2) is 0 Å². The van der Waals surface area contributed by atoms with E-state index in [2.05, 4.69) is 15.8 Å². The number of nitrogens with zero attached hydrogens (tertiary/aromatic N) is 2. The number of likely N-dealkylation sites (N-methyl/N-ethyl adjacent to an activating group) is 1. The minimum Gasteiger partial charge on any atom is -0.361 e. The second-order valence-corrected chi connectivity index (χ2v) is 5.42. The highest BCUT2D eigenvalue weighted by Gasteiger charge is 2.31. The van der Waals surface area contributed by atoms with E-state index in [4.69, 9.17) is 4.52 Å². The summed E-state index contributed by atoms with van der Waals surface area (Å²) in [5.41, 5.74) is 1.68. The molecule has 0 radical (unpaired) electrons. The lowest BCUT2D eigenvalue weighted by Gasteiger charge is -2.19. The summed E-state index contributed by atoms with van der Waals surface area (Å²) in [5, 5.41) is 9.53. The smallest absolute Gasteiger partial charge is 0.315 e. The van der Waals surface area contributed by atoms with E-state index in [1.165, 1.54) is 0 Å². The van der Waals surface area contributed by atoms with E-state index in [1.54, 1.807) is 11.9 Å². The van der Waals surface area contributed by atoms with Gasteiger partial charge in [-0.05, 0) is 26.7 Å². The maximum Gasteiger partial charge on any atom is 0.315 e. The Morgan fingerprint density at radius 3 is 2.71 bits per heavy atom. The van der Waals surface area contributed by atoms with E-state index in [-0.39, 0.29) is 18.0 Å². The van der Waals surface area contributed by atoms with Crippen molar-refractivity contribution in [3.63, 3.8) is 0 Å². The first kappa shape index (κ1) is 15.3. The monoisotopic (exact) mass is 294 g/mol. The molecule has 0 saturated carbocycles. The van der Waals surface area contributed by atoms with E-state index in [0.29, 0.717) is 18.7 Å². The lowest BCUT2D eigenvalue weighted by molar-refractivity contribution is -0.128. The number of rotatable bonds is 4. The first-order valence-corrected chi connectivity index (χ1v) is 7.18. The number of likely N-dealkylation sites (tertiary alicyclic amines) is 1. The zero-order valence-corrected chi connectivity index (χ0v) is 12.9. The van der Waals surface area contributed by atoms with Gasteiger partial charge in [0.1, 0.15) is 11.8 Å². The summed E-state index contributed by atoms with van der Waals surface area (Å²) < 4.78 is 5.14. The molecule has 2 N–H and O–H groups in total. The molecule has 0 unspecified atom stereocenters. The summed E-state index contributed by atoms with van der Waals surface area (Å²) in [6.07, 6.45) is 1.36. The number of aryl methyl sites for hydroxylation is 2. The van der Waals surface area contributed by atoms with Crippen LogP contribution in [0.4, 0.5) is 4.79 Å². The predicted octanol–water partition coefficient (Wildman–Crippen LogP) is 1.27. The second kappa shape index (κ2) is 6.15. The van der Waals surface area contributed by atoms with E-state index in [1.807, 2.05) is 20.8 Å². The Balaban J connectivity index is 1.99. The van der Waals surface area contributed by atoms with Crippen LogP contribution in [-0.2, 0) is 4.79 Å². The number of amides is 3. The van der Waals surface area contributed by atoms with Crippen LogP contribution in [0.25, 0.3) is 0 Å². The van der Waals surface area contributed by atoms with E-state index < -0.39 is 6.04 Å². The Bertz CT molecular complexity index is 521. The fourth-order valence-corrected chi connectivity index (χ4v) is 2.68. The molecule has 7 heteroatoms. The van der Waals surface area contributed by atoms with Crippen LogP contribution in [0, 0.1) is 13.8 Å². The normalized spacial score (nSPS) is 19.7. The molecule has 7 nitrogen and oxygen atoms in total. The molecule has 3 amide bonds. The van der Waals surface area contributed by atoms with Gasteiger partial charge in [-0.2, -0.15) is 0 Å². The number of hydrogen-bond donors (Lipinski definition) is 2. The van der Waals surface area contributed by atoms with Crippen molar-refractivity contribution in [2.75, 3.05) is 13.6 Å². The van der Waals surface area contributed by atoms with Crippen LogP contribution < -0.4 is 10.6 Å². The molecule has 21 heavy (non-hydrogen) atoms. The van der Waals surface area contributed by atoms with Gasteiger partial charge in [0.25, 0.3) is 0 Å². The topological polar surface area (TPSA) is 87.5 Å². The Morgan fingerprint density at radius 2 is 2.24 bits per heavy atom. The van der Waals surface area contributed by atoms with Gasteiger partial charge >= 0.3 is 6.03 Å². The summed E-state index contributed by atoms with van der Waals surface area (Å²) >= 11 is 0. The zero-order valence-electron chi connectivity index (χ0n) is 12.9. The number of nitrogens with one attached hydrogen (secondary N) is 2. The van der Waals surface area contributed by atoms with Crippen LogP contribution >= 0.6 is 0 Å². The molecule has 116 valence electrons. The van der Waals surface area contributed by atoms with Gasteiger partial charge in [-0.25, -0.2) is 4.79 Å². The largest absolute Gasteiger partial charge is 0.361 e. The summed E-state index contributed by atoms with van der Waals surface area (Å²) in [7, 11) is 1.74. The Labute approximate surface area is 124 Å². The SMILES string of the molecule is CC[C@@H](NC(=O)N[C@@H]1CCN(C)C1=O)c1c(C)noc1C. The molecule has 0 aliphatic carbocycles. The number of carbonyl (C=O) groups excluding carboxylic acids is 2. The van der Waals surface area contributed by atoms with Crippen LogP contribution in [0.1, 0.15) is 42.8 Å². The van der Waals surface area contributed by atoms with Gasteiger partial charge in [-0.1, -0.05) is 12.1 Å². The van der Waals surface area contributed by atoms with E-state index in [0.717, 1.165) is 17.7 Å². The Hall–Kier alpha value is -2.05. The van der Waals surface area contributed by atoms with Crippen molar-refractivity contribution in [3.8, 4) is 0 Å². The summed E-state index contributed by atoms with van der Waals surface area (Å²) in [4.78, 5) is 25.5. The van der Waals surface area contributed by atoms with Crippen LogP contribution in [-0.4, -0.2) is 41.6 Å². The summed E-state index contributed by atoms with van der Waals surface area (Å²) in [5.74, 6) is 0.659. The molecule has 0 aromatic carbocycles. The van der Waals surface area contributed by atoms with Crippen molar-refractivity contribution in [3.05, 3.63) is 17.0 Å². The zero-order chi connectivity index (χ0) is 15.6. The van der Waals surface area contributed by atoms with Crippen molar-refractivity contribution in [2.45, 2.75) is 45.7 Å². The molecule has 0 bridgehead atoms. The van der Waals surface area contributed by atoms with Crippen molar-refractivity contribution >= 4 is 11.9 Å². The average molecular weight is 294 g/mol. The van der Waals surface area contributed by atoms with Crippen molar-refractivity contribution in [1.29, 1.82) is 0 Å². The molecule has 1 fully saturated rings. The second-order valence-electron chi connectivity index (χ2n) is 5.42. The third kappa shape index (κ3) is 3.17. The minimum atomic E-state index is -0.433. The molecule has 1 saturated heterocycles. The fourth-order valence-electron chi connectivity index (χ4n) is 2.68. The fraction of sp³-hybridized carbons (Fsp3) is 0.643. The lowest BCUT2D eigenvalue weighted by Crippen LogP contribution is -2.46. The third-order valence-corrected chi connectivity index (χ3v) is 3.88. The number of urea groups is 1. The first-order valence-electron chi connectivity index (χ1n) is 7.18. The molecular formula is C14H22N4O3. The highest BCUT2D eigenvalue weighted by molar-refractivity contribution is 5.88. The van der Waals surface area contributed by atoms with E-state index in [9.17, 15) is 9.59 Å². The molecule has 1 aromatic heterocycles. The molecule has 2 atom stereocenters.